The lowest BCUT2D eigenvalue weighted by atomic mass is 10.2. The molecule has 0 aliphatic rings. The molecule has 0 fully saturated rings. The molecule has 0 unspecified atom stereocenters. The SMILES string of the molecule is CCc1ccc(C(=O)N(C)c2ccc(C(N)=NO)cc2)s1. The number of aryl methyl sites for hydroxylation is 1. The highest BCUT2D eigenvalue weighted by atomic mass is 32.1. The van der Waals surface area contributed by atoms with Crippen molar-refractivity contribution in [1.29, 1.82) is 0 Å². The Balaban J connectivity index is 2.19. The summed E-state index contributed by atoms with van der Waals surface area (Å²) in [5, 5.41) is 11.6. The highest BCUT2D eigenvalue weighted by molar-refractivity contribution is 7.14. The summed E-state index contributed by atoms with van der Waals surface area (Å²) in [7, 11) is 1.73. The minimum atomic E-state index is -0.0451. The van der Waals surface area contributed by atoms with Gasteiger partial charge < -0.3 is 15.8 Å². The number of benzene rings is 1. The fraction of sp³-hybridized carbons (Fsp3) is 0.200. The fourth-order valence-corrected chi connectivity index (χ4v) is 2.80. The molecule has 0 atom stereocenters. The number of amides is 1. The number of thiophene rings is 1. The van der Waals surface area contributed by atoms with Gasteiger partial charge in [0, 0.05) is 23.2 Å². The van der Waals surface area contributed by atoms with E-state index in [9.17, 15) is 4.79 Å². The van der Waals surface area contributed by atoms with E-state index in [1.165, 1.54) is 16.2 Å². The number of carbonyl (C=O) groups excluding carboxylic acids is 1. The zero-order valence-corrected chi connectivity index (χ0v) is 12.7. The van der Waals surface area contributed by atoms with Crippen molar-refractivity contribution in [1.82, 2.24) is 0 Å². The molecule has 1 aromatic heterocycles. The van der Waals surface area contributed by atoms with E-state index in [1.807, 2.05) is 12.1 Å². The zero-order chi connectivity index (χ0) is 15.4. The number of nitrogens with two attached hydrogens (primary N) is 1. The average Bonchev–Trinajstić information content (AvgIpc) is 3.02. The lowest BCUT2D eigenvalue weighted by molar-refractivity contribution is 0.0997. The van der Waals surface area contributed by atoms with Gasteiger partial charge in [-0.05, 0) is 42.8 Å². The highest BCUT2D eigenvalue weighted by Crippen LogP contribution is 2.22. The largest absolute Gasteiger partial charge is 0.409 e. The van der Waals surface area contributed by atoms with Gasteiger partial charge in [0.15, 0.2) is 5.84 Å². The molecule has 0 radical (unpaired) electrons. The molecule has 0 aliphatic carbocycles. The van der Waals surface area contributed by atoms with E-state index in [2.05, 4.69) is 12.1 Å². The Morgan fingerprint density at radius 2 is 1.95 bits per heavy atom. The molecule has 2 aromatic rings. The number of rotatable bonds is 4. The normalized spacial score (nSPS) is 11.4. The Morgan fingerprint density at radius 3 is 2.48 bits per heavy atom. The van der Waals surface area contributed by atoms with Crippen molar-refractivity contribution < 1.29 is 10.0 Å². The van der Waals surface area contributed by atoms with Crippen LogP contribution in [-0.2, 0) is 6.42 Å². The van der Waals surface area contributed by atoms with Crippen LogP contribution >= 0.6 is 11.3 Å². The first kappa shape index (κ1) is 15.1. The van der Waals surface area contributed by atoms with E-state index >= 15 is 0 Å². The second-order valence-corrected chi connectivity index (χ2v) is 5.68. The summed E-state index contributed by atoms with van der Waals surface area (Å²) in [5.74, 6) is -0.00220. The van der Waals surface area contributed by atoms with Crippen molar-refractivity contribution in [2.45, 2.75) is 13.3 Å². The monoisotopic (exact) mass is 303 g/mol. The maximum absolute atomic E-state index is 12.4. The topological polar surface area (TPSA) is 78.9 Å². The maximum atomic E-state index is 12.4. The van der Waals surface area contributed by atoms with Gasteiger partial charge >= 0.3 is 0 Å². The number of anilines is 1. The third kappa shape index (κ3) is 3.22. The van der Waals surface area contributed by atoms with Crippen LogP contribution in [0.4, 0.5) is 5.69 Å². The molecule has 0 bridgehead atoms. The summed E-state index contributed by atoms with van der Waals surface area (Å²) in [6.45, 7) is 2.07. The van der Waals surface area contributed by atoms with Gasteiger partial charge in [0.25, 0.3) is 5.91 Å². The number of carbonyl (C=O) groups is 1. The van der Waals surface area contributed by atoms with E-state index in [4.69, 9.17) is 10.9 Å². The van der Waals surface area contributed by atoms with Crippen LogP contribution in [0.15, 0.2) is 41.6 Å². The zero-order valence-electron chi connectivity index (χ0n) is 11.9. The minimum absolute atomic E-state index is 0.0429. The molecule has 0 spiro atoms. The van der Waals surface area contributed by atoms with Gasteiger partial charge in [0.2, 0.25) is 0 Å². The van der Waals surface area contributed by atoms with E-state index in [0.717, 1.165) is 17.0 Å². The van der Waals surface area contributed by atoms with Gasteiger partial charge in [-0.3, -0.25) is 4.79 Å². The van der Waals surface area contributed by atoms with Crippen molar-refractivity contribution in [2.24, 2.45) is 10.9 Å². The molecule has 0 saturated heterocycles. The van der Waals surface area contributed by atoms with Crippen LogP contribution in [0, 0.1) is 0 Å². The molecule has 1 aromatic carbocycles. The number of oxime groups is 1. The molecule has 0 saturated carbocycles. The lowest BCUT2D eigenvalue weighted by Crippen LogP contribution is -2.25. The summed E-state index contributed by atoms with van der Waals surface area (Å²) in [4.78, 5) is 15.9. The molecule has 110 valence electrons. The Morgan fingerprint density at radius 1 is 1.29 bits per heavy atom. The predicted molar refractivity (Wildman–Crippen MR) is 85.4 cm³/mol. The fourth-order valence-electron chi connectivity index (χ4n) is 1.88. The number of hydrogen-bond donors (Lipinski definition) is 2. The summed E-state index contributed by atoms with van der Waals surface area (Å²) >= 11 is 1.51. The van der Waals surface area contributed by atoms with Gasteiger partial charge in [0.05, 0.1) is 4.88 Å². The van der Waals surface area contributed by atoms with Gasteiger partial charge in [0.1, 0.15) is 0 Å². The second kappa shape index (κ2) is 6.41. The van der Waals surface area contributed by atoms with Gasteiger partial charge in [-0.15, -0.1) is 11.3 Å². The van der Waals surface area contributed by atoms with Crippen molar-refractivity contribution >= 4 is 28.8 Å². The van der Waals surface area contributed by atoms with Crippen LogP contribution in [0.1, 0.15) is 27.0 Å². The molecule has 6 heteroatoms. The maximum Gasteiger partial charge on any atom is 0.268 e. The number of nitrogens with zero attached hydrogens (tertiary/aromatic N) is 2. The smallest absolute Gasteiger partial charge is 0.268 e. The second-order valence-electron chi connectivity index (χ2n) is 4.52. The minimum Gasteiger partial charge on any atom is -0.409 e. The van der Waals surface area contributed by atoms with Crippen molar-refractivity contribution in [3.8, 4) is 0 Å². The molecule has 21 heavy (non-hydrogen) atoms. The van der Waals surface area contributed by atoms with Gasteiger partial charge in [-0.1, -0.05) is 12.1 Å². The summed E-state index contributed by atoms with van der Waals surface area (Å²) in [6.07, 6.45) is 0.927. The van der Waals surface area contributed by atoms with E-state index < -0.39 is 0 Å². The standard InChI is InChI=1S/C15H17N3O2S/c1-3-12-8-9-13(21-12)15(19)18(2)11-6-4-10(5-7-11)14(16)17-20/h4-9,20H,3H2,1-2H3,(H2,16,17). The highest BCUT2D eigenvalue weighted by Gasteiger charge is 2.15. The Hall–Kier alpha value is -2.34. The molecule has 2 rings (SSSR count). The molecule has 1 heterocycles. The van der Waals surface area contributed by atoms with Crippen LogP contribution in [0.3, 0.4) is 0 Å². The third-order valence-corrected chi connectivity index (χ3v) is 4.40. The summed E-state index contributed by atoms with van der Waals surface area (Å²) in [5.41, 5.74) is 6.86. The first-order valence-corrected chi connectivity index (χ1v) is 7.33. The van der Waals surface area contributed by atoms with Gasteiger partial charge in [-0.25, -0.2) is 0 Å². The first-order valence-electron chi connectivity index (χ1n) is 6.51. The molecular formula is C15H17N3O2S. The Labute approximate surface area is 127 Å². The number of amidine groups is 1. The van der Waals surface area contributed by atoms with Crippen molar-refractivity contribution in [3.05, 3.63) is 51.7 Å². The number of hydrogen-bond acceptors (Lipinski definition) is 4. The lowest BCUT2D eigenvalue weighted by Gasteiger charge is -2.16. The molecule has 0 aliphatic heterocycles. The first-order chi connectivity index (χ1) is 10.1. The Bertz CT molecular complexity index is 662. The van der Waals surface area contributed by atoms with Crippen LogP contribution in [-0.4, -0.2) is 24.0 Å². The van der Waals surface area contributed by atoms with E-state index in [0.29, 0.717) is 5.56 Å². The molecule has 3 N–H and O–H groups in total. The van der Waals surface area contributed by atoms with Crippen LogP contribution in [0.5, 0.6) is 0 Å². The molecule has 5 nitrogen and oxygen atoms in total. The summed E-state index contributed by atoms with van der Waals surface area (Å²) in [6, 6.07) is 10.8. The van der Waals surface area contributed by atoms with E-state index in [1.54, 1.807) is 36.2 Å². The van der Waals surface area contributed by atoms with Crippen LogP contribution in [0.25, 0.3) is 0 Å². The molecule has 1 amide bonds. The van der Waals surface area contributed by atoms with Crippen molar-refractivity contribution in [2.75, 3.05) is 11.9 Å². The van der Waals surface area contributed by atoms with Crippen LogP contribution in [0.2, 0.25) is 0 Å². The Kier molecular flexibility index (Phi) is 4.59. The summed E-state index contributed by atoms with van der Waals surface area (Å²) < 4.78 is 0. The third-order valence-electron chi connectivity index (χ3n) is 3.18. The quantitative estimate of drug-likeness (QED) is 0.394. The van der Waals surface area contributed by atoms with Crippen LogP contribution < -0.4 is 10.6 Å². The van der Waals surface area contributed by atoms with Crippen molar-refractivity contribution in [3.63, 3.8) is 0 Å². The average molecular weight is 303 g/mol. The molecular weight excluding hydrogens is 286 g/mol. The van der Waals surface area contributed by atoms with E-state index in [-0.39, 0.29) is 11.7 Å². The van der Waals surface area contributed by atoms with Gasteiger partial charge in [-0.2, -0.15) is 0 Å². The predicted octanol–water partition coefficient (Wildman–Crippen LogP) is 2.68.